The largest absolute Gasteiger partial charge is 0.399 e. The lowest BCUT2D eigenvalue weighted by atomic mass is 10.2. The standard InChI is InChI=1S/C13H17NOSi/c1-16(2,3)15-13(11-14)10-9-12-7-5-4-6-8-12/h4-10,13H,1-3H3. The molecule has 3 heteroatoms. The van der Waals surface area contributed by atoms with Crippen molar-refractivity contribution in [3.8, 4) is 6.07 Å². The molecular formula is C13H17NOSi. The SMILES string of the molecule is C[Si](C)(C)OC(C#N)C=Cc1ccccc1. The molecule has 1 rings (SSSR count). The summed E-state index contributed by atoms with van der Waals surface area (Å²) < 4.78 is 5.70. The van der Waals surface area contributed by atoms with Crippen molar-refractivity contribution in [3.63, 3.8) is 0 Å². The van der Waals surface area contributed by atoms with Gasteiger partial charge in [-0.3, -0.25) is 0 Å². The van der Waals surface area contributed by atoms with Gasteiger partial charge >= 0.3 is 0 Å². The second-order valence-electron chi connectivity index (χ2n) is 4.55. The first-order chi connectivity index (χ1) is 7.51. The van der Waals surface area contributed by atoms with Gasteiger partial charge in [0, 0.05) is 0 Å². The van der Waals surface area contributed by atoms with Crippen LogP contribution in [0, 0.1) is 11.3 Å². The van der Waals surface area contributed by atoms with Gasteiger partial charge in [0.2, 0.25) is 0 Å². The van der Waals surface area contributed by atoms with Gasteiger partial charge < -0.3 is 4.43 Å². The summed E-state index contributed by atoms with van der Waals surface area (Å²) in [4.78, 5) is 0. The zero-order valence-electron chi connectivity index (χ0n) is 9.97. The van der Waals surface area contributed by atoms with E-state index in [4.69, 9.17) is 9.69 Å². The van der Waals surface area contributed by atoms with Crippen LogP contribution in [-0.2, 0) is 4.43 Å². The summed E-state index contributed by atoms with van der Waals surface area (Å²) >= 11 is 0. The Bertz CT molecular complexity index is 387. The number of nitriles is 1. The Hall–Kier alpha value is -1.37. The highest BCUT2D eigenvalue weighted by Gasteiger charge is 2.18. The number of benzene rings is 1. The smallest absolute Gasteiger partial charge is 0.185 e. The van der Waals surface area contributed by atoms with Crippen LogP contribution < -0.4 is 0 Å². The van der Waals surface area contributed by atoms with Gasteiger partial charge in [0.1, 0.15) is 0 Å². The third kappa shape index (κ3) is 4.92. The first-order valence-electron chi connectivity index (χ1n) is 5.32. The Morgan fingerprint density at radius 1 is 1.25 bits per heavy atom. The normalized spacial score (nSPS) is 13.6. The lowest BCUT2D eigenvalue weighted by Crippen LogP contribution is -2.30. The molecule has 0 aliphatic carbocycles. The van der Waals surface area contributed by atoms with E-state index >= 15 is 0 Å². The second-order valence-corrected chi connectivity index (χ2v) is 9.01. The molecule has 0 saturated heterocycles. The molecular weight excluding hydrogens is 214 g/mol. The fourth-order valence-corrected chi connectivity index (χ4v) is 2.15. The fraction of sp³-hybridized carbons (Fsp3) is 0.308. The van der Waals surface area contributed by atoms with E-state index in [2.05, 4.69) is 25.7 Å². The molecule has 0 aliphatic rings. The average molecular weight is 231 g/mol. The maximum atomic E-state index is 8.96. The van der Waals surface area contributed by atoms with Gasteiger partial charge in [-0.05, 0) is 31.3 Å². The molecule has 1 aromatic carbocycles. The van der Waals surface area contributed by atoms with E-state index in [1.807, 2.05) is 42.5 Å². The maximum Gasteiger partial charge on any atom is 0.185 e. The minimum atomic E-state index is -1.65. The van der Waals surface area contributed by atoms with Gasteiger partial charge in [-0.15, -0.1) is 0 Å². The van der Waals surface area contributed by atoms with Crippen LogP contribution in [0.25, 0.3) is 6.08 Å². The van der Waals surface area contributed by atoms with Crippen molar-refractivity contribution in [1.29, 1.82) is 5.26 Å². The molecule has 1 aromatic rings. The number of nitrogens with zero attached hydrogens (tertiary/aromatic N) is 1. The van der Waals surface area contributed by atoms with Crippen LogP contribution in [0.5, 0.6) is 0 Å². The predicted octanol–water partition coefficient (Wildman–Crippen LogP) is 3.44. The highest BCUT2D eigenvalue weighted by Crippen LogP contribution is 2.09. The van der Waals surface area contributed by atoms with Gasteiger partial charge in [0.15, 0.2) is 14.4 Å². The van der Waals surface area contributed by atoms with E-state index in [1.54, 1.807) is 0 Å². The minimum absolute atomic E-state index is 0.438. The monoisotopic (exact) mass is 231 g/mol. The van der Waals surface area contributed by atoms with Crippen molar-refractivity contribution >= 4 is 14.4 Å². The van der Waals surface area contributed by atoms with E-state index in [0.29, 0.717) is 0 Å². The Labute approximate surface area is 98.3 Å². The summed E-state index contributed by atoms with van der Waals surface area (Å²) in [6.07, 6.45) is 3.30. The molecule has 1 atom stereocenters. The quantitative estimate of drug-likeness (QED) is 0.744. The molecule has 0 aromatic heterocycles. The number of rotatable bonds is 4. The molecule has 0 radical (unpaired) electrons. The van der Waals surface area contributed by atoms with Crippen molar-refractivity contribution in [2.45, 2.75) is 25.7 Å². The average Bonchev–Trinajstić information content (AvgIpc) is 2.24. The summed E-state index contributed by atoms with van der Waals surface area (Å²) in [6, 6.07) is 12.1. The van der Waals surface area contributed by atoms with Gasteiger partial charge in [-0.25, -0.2) is 0 Å². The Kier molecular flexibility index (Phi) is 4.48. The van der Waals surface area contributed by atoms with Crippen molar-refractivity contribution in [3.05, 3.63) is 42.0 Å². The van der Waals surface area contributed by atoms with Crippen molar-refractivity contribution in [1.82, 2.24) is 0 Å². The van der Waals surface area contributed by atoms with Crippen molar-refractivity contribution in [2.24, 2.45) is 0 Å². The molecule has 0 N–H and O–H groups in total. The molecule has 0 amide bonds. The Morgan fingerprint density at radius 2 is 1.88 bits per heavy atom. The zero-order chi connectivity index (χ0) is 12.0. The highest BCUT2D eigenvalue weighted by molar-refractivity contribution is 6.69. The maximum absolute atomic E-state index is 8.96. The molecule has 2 nitrogen and oxygen atoms in total. The van der Waals surface area contributed by atoms with Crippen LogP contribution in [0.1, 0.15) is 5.56 Å². The Balaban J connectivity index is 2.65. The molecule has 0 spiro atoms. The third-order valence-corrected chi connectivity index (χ3v) is 2.83. The number of hydrogen-bond acceptors (Lipinski definition) is 2. The first kappa shape index (κ1) is 12.7. The van der Waals surface area contributed by atoms with E-state index in [1.165, 1.54) is 0 Å². The van der Waals surface area contributed by atoms with Gasteiger partial charge in [-0.2, -0.15) is 5.26 Å². The number of hydrogen-bond donors (Lipinski definition) is 0. The zero-order valence-corrected chi connectivity index (χ0v) is 11.0. The molecule has 84 valence electrons. The minimum Gasteiger partial charge on any atom is -0.399 e. The molecule has 1 unspecified atom stereocenters. The second kappa shape index (κ2) is 5.64. The summed E-state index contributed by atoms with van der Waals surface area (Å²) in [5.74, 6) is 0. The van der Waals surface area contributed by atoms with Crippen LogP contribution in [0.2, 0.25) is 19.6 Å². The van der Waals surface area contributed by atoms with Gasteiger partial charge in [0.05, 0.1) is 6.07 Å². The van der Waals surface area contributed by atoms with E-state index in [-0.39, 0.29) is 0 Å². The van der Waals surface area contributed by atoms with E-state index in [9.17, 15) is 0 Å². The van der Waals surface area contributed by atoms with Crippen LogP contribution in [0.4, 0.5) is 0 Å². The fourth-order valence-electron chi connectivity index (χ4n) is 1.25. The van der Waals surface area contributed by atoms with Crippen LogP contribution >= 0.6 is 0 Å². The van der Waals surface area contributed by atoms with Crippen molar-refractivity contribution < 1.29 is 4.43 Å². The highest BCUT2D eigenvalue weighted by atomic mass is 28.4. The molecule has 0 fully saturated rings. The van der Waals surface area contributed by atoms with Crippen LogP contribution in [-0.4, -0.2) is 14.4 Å². The molecule has 0 bridgehead atoms. The third-order valence-electron chi connectivity index (χ3n) is 1.87. The lowest BCUT2D eigenvalue weighted by molar-refractivity contribution is 0.297. The summed E-state index contributed by atoms with van der Waals surface area (Å²) in [5, 5.41) is 8.96. The molecule has 0 aliphatic heterocycles. The molecule has 0 saturated carbocycles. The van der Waals surface area contributed by atoms with Gasteiger partial charge in [-0.1, -0.05) is 36.4 Å². The summed E-state index contributed by atoms with van der Waals surface area (Å²) in [7, 11) is -1.65. The van der Waals surface area contributed by atoms with E-state index < -0.39 is 14.4 Å². The lowest BCUT2D eigenvalue weighted by Gasteiger charge is -2.19. The van der Waals surface area contributed by atoms with Gasteiger partial charge in [0.25, 0.3) is 0 Å². The van der Waals surface area contributed by atoms with Crippen LogP contribution in [0.3, 0.4) is 0 Å². The predicted molar refractivity (Wildman–Crippen MR) is 69.3 cm³/mol. The topological polar surface area (TPSA) is 33.0 Å². The summed E-state index contributed by atoms with van der Waals surface area (Å²) in [6.45, 7) is 6.23. The first-order valence-corrected chi connectivity index (χ1v) is 8.73. The van der Waals surface area contributed by atoms with E-state index in [0.717, 1.165) is 5.56 Å². The van der Waals surface area contributed by atoms with Crippen molar-refractivity contribution in [2.75, 3.05) is 0 Å². The molecule has 0 heterocycles. The Morgan fingerprint density at radius 3 is 2.38 bits per heavy atom. The molecule has 16 heavy (non-hydrogen) atoms. The van der Waals surface area contributed by atoms with Crippen LogP contribution in [0.15, 0.2) is 36.4 Å². The summed E-state index contributed by atoms with van der Waals surface area (Å²) in [5.41, 5.74) is 1.09.